The third kappa shape index (κ3) is 3.86. The SMILES string of the molecule is O=C(Nc1[nH]nc2sc(C(=O)O)cc12)c1ccc(CN2CCCCC2)cc1. The number of carbonyl (C=O) groups is 2. The van der Waals surface area contributed by atoms with E-state index in [0.717, 1.165) is 31.0 Å². The molecule has 27 heavy (non-hydrogen) atoms. The highest BCUT2D eigenvalue weighted by atomic mass is 32.1. The van der Waals surface area contributed by atoms with Gasteiger partial charge in [-0.3, -0.25) is 14.8 Å². The van der Waals surface area contributed by atoms with Crippen LogP contribution in [0.4, 0.5) is 5.82 Å². The lowest BCUT2D eigenvalue weighted by Crippen LogP contribution is -2.29. The second kappa shape index (κ2) is 7.50. The lowest BCUT2D eigenvalue weighted by molar-refractivity contribution is 0.0702. The second-order valence-electron chi connectivity index (χ2n) is 6.72. The van der Waals surface area contributed by atoms with Crippen molar-refractivity contribution in [2.24, 2.45) is 0 Å². The van der Waals surface area contributed by atoms with Crippen molar-refractivity contribution < 1.29 is 14.7 Å². The first-order valence-corrected chi connectivity index (χ1v) is 9.75. The Kier molecular flexibility index (Phi) is 4.91. The van der Waals surface area contributed by atoms with Crippen molar-refractivity contribution in [2.45, 2.75) is 25.8 Å². The molecule has 1 aliphatic heterocycles. The number of nitrogens with one attached hydrogen (secondary N) is 2. The molecule has 1 aliphatic rings. The summed E-state index contributed by atoms with van der Waals surface area (Å²) in [5, 5.41) is 19.3. The summed E-state index contributed by atoms with van der Waals surface area (Å²) in [4.78, 5) is 26.8. The monoisotopic (exact) mass is 384 g/mol. The number of carboxylic acid groups (broad SMARTS) is 1. The molecule has 3 heterocycles. The fourth-order valence-electron chi connectivity index (χ4n) is 3.33. The van der Waals surface area contributed by atoms with E-state index >= 15 is 0 Å². The normalized spacial score (nSPS) is 15.1. The number of likely N-dealkylation sites (tertiary alicyclic amines) is 1. The number of fused-ring (bicyclic) bond motifs is 1. The number of H-pyrrole nitrogens is 1. The molecule has 0 bridgehead atoms. The quantitative estimate of drug-likeness (QED) is 0.625. The predicted molar refractivity (Wildman–Crippen MR) is 104 cm³/mol. The third-order valence-electron chi connectivity index (χ3n) is 4.77. The van der Waals surface area contributed by atoms with Gasteiger partial charge < -0.3 is 10.4 Å². The van der Waals surface area contributed by atoms with Gasteiger partial charge in [-0.1, -0.05) is 18.6 Å². The van der Waals surface area contributed by atoms with Crippen LogP contribution in [0.2, 0.25) is 0 Å². The molecule has 3 aromatic rings. The average Bonchev–Trinajstić information content (AvgIpc) is 3.25. The van der Waals surface area contributed by atoms with Gasteiger partial charge in [-0.15, -0.1) is 11.3 Å². The number of piperidine rings is 1. The van der Waals surface area contributed by atoms with E-state index in [1.165, 1.54) is 30.9 Å². The van der Waals surface area contributed by atoms with Gasteiger partial charge in [0.15, 0.2) is 0 Å². The van der Waals surface area contributed by atoms with E-state index < -0.39 is 5.97 Å². The third-order valence-corrected chi connectivity index (χ3v) is 5.79. The Morgan fingerprint density at radius 3 is 2.63 bits per heavy atom. The molecule has 8 heteroatoms. The molecule has 0 aliphatic carbocycles. The topological polar surface area (TPSA) is 98.3 Å². The minimum absolute atomic E-state index is 0.194. The van der Waals surface area contributed by atoms with E-state index in [0.29, 0.717) is 21.6 Å². The van der Waals surface area contributed by atoms with Crippen LogP contribution in [-0.4, -0.2) is 45.2 Å². The lowest BCUT2D eigenvalue weighted by Gasteiger charge is -2.26. The van der Waals surface area contributed by atoms with E-state index in [2.05, 4.69) is 20.4 Å². The van der Waals surface area contributed by atoms with Crippen molar-refractivity contribution in [1.29, 1.82) is 0 Å². The van der Waals surface area contributed by atoms with E-state index in [-0.39, 0.29) is 10.8 Å². The van der Waals surface area contributed by atoms with E-state index in [1.54, 1.807) is 0 Å². The molecule has 0 spiro atoms. The molecule has 1 saturated heterocycles. The first kappa shape index (κ1) is 17.7. The van der Waals surface area contributed by atoms with Crippen molar-refractivity contribution >= 4 is 39.2 Å². The van der Waals surface area contributed by atoms with Gasteiger partial charge in [0.05, 0.1) is 5.39 Å². The Hall–Kier alpha value is -2.71. The highest BCUT2D eigenvalue weighted by molar-refractivity contribution is 7.20. The second-order valence-corrected chi connectivity index (χ2v) is 7.75. The van der Waals surface area contributed by atoms with Gasteiger partial charge in [-0.2, -0.15) is 5.10 Å². The molecule has 2 aromatic heterocycles. The number of benzene rings is 1. The molecule has 0 radical (unpaired) electrons. The molecule has 140 valence electrons. The zero-order valence-electron chi connectivity index (χ0n) is 14.7. The first-order chi connectivity index (χ1) is 13.1. The summed E-state index contributed by atoms with van der Waals surface area (Å²) in [6, 6.07) is 9.12. The van der Waals surface area contributed by atoms with Gasteiger partial charge in [-0.25, -0.2) is 4.79 Å². The first-order valence-electron chi connectivity index (χ1n) is 8.94. The predicted octanol–water partition coefficient (Wildman–Crippen LogP) is 3.56. The highest BCUT2D eigenvalue weighted by Gasteiger charge is 2.16. The molecule has 3 N–H and O–H groups in total. The van der Waals surface area contributed by atoms with Gasteiger partial charge in [0, 0.05) is 12.1 Å². The van der Waals surface area contributed by atoms with E-state index in [1.807, 2.05) is 24.3 Å². The number of aromatic amines is 1. The number of anilines is 1. The van der Waals surface area contributed by atoms with Crippen LogP contribution in [0.1, 0.15) is 44.9 Å². The summed E-state index contributed by atoms with van der Waals surface area (Å²) in [6.07, 6.45) is 3.82. The van der Waals surface area contributed by atoms with Crippen molar-refractivity contribution in [2.75, 3.05) is 18.4 Å². The molecular weight excluding hydrogens is 364 g/mol. The summed E-state index contributed by atoms with van der Waals surface area (Å²) in [7, 11) is 0. The summed E-state index contributed by atoms with van der Waals surface area (Å²) < 4.78 is 0. The highest BCUT2D eigenvalue weighted by Crippen LogP contribution is 2.29. The molecule has 4 rings (SSSR count). The fraction of sp³-hybridized carbons (Fsp3) is 0.316. The number of amides is 1. The average molecular weight is 384 g/mol. The van der Waals surface area contributed by atoms with Gasteiger partial charge in [0.2, 0.25) is 0 Å². The Labute approximate surface area is 160 Å². The van der Waals surface area contributed by atoms with Crippen molar-refractivity contribution in [3.8, 4) is 0 Å². The standard InChI is InChI=1S/C19H20N4O3S/c24-17(20-16-14-10-15(19(25)26)27-18(14)22-21-16)13-6-4-12(5-7-13)11-23-8-2-1-3-9-23/h4-7,10H,1-3,8-9,11H2,(H,25,26)(H2,20,21,22,24). The molecule has 0 saturated carbocycles. The van der Waals surface area contributed by atoms with Crippen molar-refractivity contribution in [1.82, 2.24) is 15.1 Å². The Morgan fingerprint density at radius 2 is 1.93 bits per heavy atom. The largest absolute Gasteiger partial charge is 0.477 e. The zero-order valence-corrected chi connectivity index (χ0v) is 15.5. The van der Waals surface area contributed by atoms with Gasteiger partial charge >= 0.3 is 5.97 Å². The number of rotatable bonds is 5. The Morgan fingerprint density at radius 1 is 1.19 bits per heavy atom. The maximum absolute atomic E-state index is 12.5. The van der Waals surface area contributed by atoms with Crippen molar-refractivity contribution in [3.63, 3.8) is 0 Å². The van der Waals surface area contributed by atoms with Crippen LogP contribution in [0.25, 0.3) is 10.2 Å². The van der Waals surface area contributed by atoms with E-state index in [4.69, 9.17) is 5.11 Å². The minimum Gasteiger partial charge on any atom is -0.477 e. The molecule has 1 fully saturated rings. The fourth-order valence-corrected chi connectivity index (χ4v) is 4.17. The number of nitrogens with zero attached hydrogens (tertiary/aromatic N) is 2. The molecule has 1 aromatic carbocycles. The summed E-state index contributed by atoms with van der Waals surface area (Å²) >= 11 is 1.07. The van der Waals surface area contributed by atoms with Gasteiger partial charge in [0.1, 0.15) is 15.5 Å². The maximum Gasteiger partial charge on any atom is 0.345 e. The van der Waals surface area contributed by atoms with Gasteiger partial charge in [0.25, 0.3) is 5.91 Å². The number of carboxylic acids is 1. The number of aromatic nitrogens is 2. The lowest BCUT2D eigenvalue weighted by atomic mass is 10.1. The molecule has 0 atom stereocenters. The van der Waals surface area contributed by atoms with Gasteiger partial charge in [-0.05, 0) is 49.7 Å². The number of hydrogen-bond donors (Lipinski definition) is 3. The number of carbonyl (C=O) groups excluding carboxylic acids is 1. The summed E-state index contributed by atoms with van der Waals surface area (Å²) in [6.45, 7) is 3.18. The van der Waals surface area contributed by atoms with Crippen LogP contribution in [0.15, 0.2) is 30.3 Å². The number of thiophene rings is 1. The van der Waals surface area contributed by atoms with Crippen LogP contribution in [0, 0.1) is 0 Å². The van der Waals surface area contributed by atoms with Crippen molar-refractivity contribution in [3.05, 3.63) is 46.3 Å². The molecule has 0 unspecified atom stereocenters. The smallest absolute Gasteiger partial charge is 0.345 e. The number of aromatic carboxylic acids is 1. The Bertz CT molecular complexity index is 971. The summed E-state index contributed by atoms with van der Waals surface area (Å²) in [5.41, 5.74) is 1.75. The Balaban J connectivity index is 1.44. The van der Waals surface area contributed by atoms with Crippen LogP contribution in [-0.2, 0) is 6.54 Å². The van der Waals surface area contributed by atoms with E-state index in [9.17, 15) is 9.59 Å². The maximum atomic E-state index is 12.5. The zero-order chi connectivity index (χ0) is 18.8. The van der Waals surface area contributed by atoms with Crippen LogP contribution >= 0.6 is 11.3 Å². The van der Waals surface area contributed by atoms with Crippen LogP contribution in [0.3, 0.4) is 0 Å². The summed E-state index contributed by atoms with van der Waals surface area (Å²) in [5.74, 6) is -0.844. The molecule has 1 amide bonds. The molecular formula is C19H20N4O3S. The molecule has 7 nitrogen and oxygen atoms in total. The number of hydrogen-bond acceptors (Lipinski definition) is 5. The minimum atomic E-state index is -1.00. The van der Waals surface area contributed by atoms with Crippen LogP contribution in [0.5, 0.6) is 0 Å². The van der Waals surface area contributed by atoms with Crippen LogP contribution < -0.4 is 5.32 Å².